The Hall–Kier alpha value is -1.36. The van der Waals surface area contributed by atoms with Crippen LogP contribution in [-0.4, -0.2) is 31.4 Å². The van der Waals surface area contributed by atoms with Crippen molar-refractivity contribution in [3.8, 4) is 0 Å². The smallest absolute Gasteiger partial charge is 0.262 e. The Kier molecular flexibility index (Phi) is 5.39. The lowest BCUT2D eigenvalue weighted by molar-refractivity contribution is 0.0946. The van der Waals surface area contributed by atoms with Crippen molar-refractivity contribution in [2.75, 3.05) is 20.6 Å². The van der Waals surface area contributed by atoms with Crippen LogP contribution in [0.1, 0.15) is 26.8 Å². The molecule has 0 unspecified atom stereocenters. The summed E-state index contributed by atoms with van der Waals surface area (Å²) in [5.41, 5.74) is 2.41. The molecule has 0 fully saturated rings. The Labute approximate surface area is 134 Å². The van der Waals surface area contributed by atoms with Crippen LogP contribution >= 0.6 is 22.9 Å². The summed E-state index contributed by atoms with van der Waals surface area (Å²) in [5, 5.41) is 5.30. The standard InChI is InChI=1S/C16H19ClN2OS/c1-11-5-4-6-12(9-11)14(19(2)3)10-18-16(20)15-13(17)7-8-21-15/h4-9,14H,10H2,1-3H3,(H,18,20)/t14-/m0/s1. The number of aryl methyl sites for hydroxylation is 1. The number of carbonyl (C=O) groups excluding carboxylic acids is 1. The first-order valence-corrected chi connectivity index (χ1v) is 7.99. The fourth-order valence-electron chi connectivity index (χ4n) is 2.20. The lowest BCUT2D eigenvalue weighted by atomic mass is 10.0. The molecule has 0 saturated carbocycles. The van der Waals surface area contributed by atoms with Crippen molar-refractivity contribution in [1.82, 2.24) is 10.2 Å². The zero-order valence-corrected chi connectivity index (χ0v) is 14.0. The van der Waals surface area contributed by atoms with Gasteiger partial charge in [0.1, 0.15) is 4.88 Å². The molecule has 112 valence electrons. The molecule has 0 radical (unpaired) electrons. The summed E-state index contributed by atoms with van der Waals surface area (Å²) in [6, 6.07) is 10.2. The molecule has 1 aromatic heterocycles. The van der Waals surface area contributed by atoms with Crippen molar-refractivity contribution in [2.24, 2.45) is 0 Å². The van der Waals surface area contributed by atoms with E-state index in [9.17, 15) is 4.79 Å². The largest absolute Gasteiger partial charge is 0.349 e. The minimum absolute atomic E-state index is 0.116. The average molecular weight is 323 g/mol. The molecule has 5 heteroatoms. The molecule has 1 amide bonds. The molecule has 3 nitrogen and oxygen atoms in total. The second-order valence-corrected chi connectivity index (χ2v) is 6.52. The van der Waals surface area contributed by atoms with E-state index in [1.807, 2.05) is 25.5 Å². The van der Waals surface area contributed by atoms with Gasteiger partial charge in [0, 0.05) is 6.54 Å². The van der Waals surface area contributed by atoms with E-state index in [0.717, 1.165) is 0 Å². The second-order valence-electron chi connectivity index (χ2n) is 5.20. The number of hydrogen-bond donors (Lipinski definition) is 1. The summed E-state index contributed by atoms with van der Waals surface area (Å²) in [4.78, 5) is 14.8. The molecule has 0 aliphatic carbocycles. The van der Waals surface area contributed by atoms with Gasteiger partial charge in [-0.2, -0.15) is 0 Å². The van der Waals surface area contributed by atoms with Crippen molar-refractivity contribution < 1.29 is 4.79 Å². The third-order valence-electron chi connectivity index (χ3n) is 3.33. The minimum atomic E-state index is -0.116. The van der Waals surface area contributed by atoms with Gasteiger partial charge in [0.25, 0.3) is 5.91 Å². The third kappa shape index (κ3) is 4.06. The van der Waals surface area contributed by atoms with Gasteiger partial charge < -0.3 is 10.2 Å². The van der Waals surface area contributed by atoms with Crippen molar-refractivity contribution in [2.45, 2.75) is 13.0 Å². The zero-order valence-electron chi connectivity index (χ0n) is 12.4. The van der Waals surface area contributed by atoms with Gasteiger partial charge in [-0.25, -0.2) is 0 Å². The molecule has 0 aliphatic heterocycles. The molecular weight excluding hydrogens is 304 g/mol. The number of amides is 1. The highest BCUT2D eigenvalue weighted by Crippen LogP contribution is 2.23. The van der Waals surface area contributed by atoms with E-state index < -0.39 is 0 Å². The van der Waals surface area contributed by atoms with Gasteiger partial charge >= 0.3 is 0 Å². The van der Waals surface area contributed by atoms with Gasteiger partial charge in [-0.05, 0) is 38.0 Å². The summed E-state index contributed by atoms with van der Waals surface area (Å²) in [6.07, 6.45) is 0. The number of likely N-dealkylation sites (N-methyl/N-ethyl adjacent to an activating group) is 1. The Morgan fingerprint density at radius 2 is 2.14 bits per heavy atom. The van der Waals surface area contributed by atoms with Crippen molar-refractivity contribution >= 4 is 28.8 Å². The Balaban J connectivity index is 2.08. The Bertz CT molecular complexity index is 624. The molecule has 21 heavy (non-hydrogen) atoms. The normalized spacial score (nSPS) is 12.4. The van der Waals surface area contributed by atoms with Crippen molar-refractivity contribution in [3.63, 3.8) is 0 Å². The maximum atomic E-state index is 12.1. The van der Waals surface area contributed by atoms with Gasteiger partial charge in [-0.1, -0.05) is 41.4 Å². The van der Waals surface area contributed by atoms with E-state index >= 15 is 0 Å². The van der Waals surface area contributed by atoms with Gasteiger partial charge in [-0.15, -0.1) is 11.3 Å². The molecule has 1 heterocycles. The number of carbonyl (C=O) groups is 1. The van der Waals surface area contributed by atoms with Gasteiger partial charge in [0.15, 0.2) is 0 Å². The zero-order chi connectivity index (χ0) is 15.4. The molecule has 0 bridgehead atoms. The van der Waals surface area contributed by atoms with Gasteiger partial charge in [0.05, 0.1) is 11.1 Å². The van der Waals surface area contributed by atoms with E-state index in [2.05, 4.69) is 35.3 Å². The predicted molar refractivity (Wildman–Crippen MR) is 89.3 cm³/mol. The highest BCUT2D eigenvalue weighted by Gasteiger charge is 2.17. The van der Waals surface area contributed by atoms with E-state index in [1.54, 1.807) is 6.07 Å². The number of thiophene rings is 1. The van der Waals surface area contributed by atoms with Crippen LogP contribution < -0.4 is 5.32 Å². The minimum Gasteiger partial charge on any atom is -0.349 e. The molecule has 0 spiro atoms. The first kappa shape index (κ1) is 16.0. The van der Waals surface area contributed by atoms with E-state index in [1.165, 1.54) is 22.5 Å². The van der Waals surface area contributed by atoms with Crippen LogP contribution in [-0.2, 0) is 0 Å². The number of halogens is 1. The number of rotatable bonds is 5. The number of hydrogen-bond acceptors (Lipinski definition) is 3. The Morgan fingerprint density at radius 1 is 1.38 bits per heavy atom. The maximum Gasteiger partial charge on any atom is 0.262 e. The predicted octanol–water partition coefficient (Wildman–Crippen LogP) is 3.74. The molecule has 1 N–H and O–H groups in total. The molecular formula is C16H19ClN2OS. The second kappa shape index (κ2) is 7.07. The molecule has 2 rings (SSSR count). The van der Waals surface area contributed by atoms with Crippen LogP contribution in [0.3, 0.4) is 0 Å². The van der Waals surface area contributed by atoms with Crippen LogP contribution in [0.15, 0.2) is 35.7 Å². The van der Waals surface area contributed by atoms with Crippen molar-refractivity contribution in [3.05, 3.63) is 56.7 Å². The van der Waals surface area contributed by atoms with Crippen LogP contribution in [0.25, 0.3) is 0 Å². The molecule has 0 aliphatic rings. The van der Waals surface area contributed by atoms with E-state index in [-0.39, 0.29) is 11.9 Å². The average Bonchev–Trinajstić information content (AvgIpc) is 2.85. The number of nitrogens with one attached hydrogen (secondary N) is 1. The first-order valence-electron chi connectivity index (χ1n) is 6.73. The summed E-state index contributed by atoms with van der Waals surface area (Å²) < 4.78 is 0. The quantitative estimate of drug-likeness (QED) is 0.909. The monoisotopic (exact) mass is 322 g/mol. The van der Waals surface area contributed by atoms with Crippen LogP contribution in [0.4, 0.5) is 0 Å². The fraction of sp³-hybridized carbons (Fsp3) is 0.312. The first-order chi connectivity index (χ1) is 9.99. The lowest BCUT2D eigenvalue weighted by Gasteiger charge is -2.25. The van der Waals surface area contributed by atoms with Gasteiger partial charge in [-0.3, -0.25) is 4.79 Å². The highest BCUT2D eigenvalue weighted by atomic mass is 35.5. The van der Waals surface area contributed by atoms with E-state index in [0.29, 0.717) is 16.4 Å². The highest BCUT2D eigenvalue weighted by molar-refractivity contribution is 7.12. The summed E-state index contributed by atoms with van der Waals surface area (Å²) in [6.45, 7) is 2.61. The summed E-state index contributed by atoms with van der Waals surface area (Å²) >= 11 is 7.35. The lowest BCUT2D eigenvalue weighted by Crippen LogP contribution is -2.34. The molecule has 2 aromatic rings. The van der Waals surface area contributed by atoms with Crippen LogP contribution in [0.5, 0.6) is 0 Å². The fourth-order valence-corrected chi connectivity index (χ4v) is 3.26. The number of nitrogens with zero attached hydrogens (tertiary/aromatic N) is 1. The van der Waals surface area contributed by atoms with Crippen LogP contribution in [0.2, 0.25) is 5.02 Å². The van der Waals surface area contributed by atoms with Crippen LogP contribution in [0, 0.1) is 6.92 Å². The summed E-state index contributed by atoms with van der Waals surface area (Å²) in [5.74, 6) is -0.116. The number of benzene rings is 1. The molecule has 1 atom stereocenters. The molecule has 0 saturated heterocycles. The summed E-state index contributed by atoms with van der Waals surface area (Å²) in [7, 11) is 4.02. The van der Waals surface area contributed by atoms with Crippen molar-refractivity contribution in [1.29, 1.82) is 0 Å². The topological polar surface area (TPSA) is 32.3 Å². The SMILES string of the molecule is Cc1cccc([C@H](CNC(=O)c2sccc2Cl)N(C)C)c1. The molecule has 1 aromatic carbocycles. The Morgan fingerprint density at radius 3 is 2.71 bits per heavy atom. The maximum absolute atomic E-state index is 12.1. The van der Waals surface area contributed by atoms with Gasteiger partial charge in [0.2, 0.25) is 0 Å². The van der Waals surface area contributed by atoms with E-state index in [4.69, 9.17) is 11.6 Å². The third-order valence-corrected chi connectivity index (χ3v) is 4.67.